The molecule has 0 saturated carbocycles. The first kappa shape index (κ1) is 15.5. The third-order valence-corrected chi connectivity index (χ3v) is 3.55. The number of phenols is 1. The van der Waals surface area contributed by atoms with E-state index in [1.54, 1.807) is 6.07 Å². The predicted octanol–water partition coefficient (Wildman–Crippen LogP) is 4.11. The minimum atomic E-state index is -0.583. The van der Waals surface area contributed by atoms with Gasteiger partial charge >= 0.3 is 0 Å². The lowest BCUT2D eigenvalue weighted by molar-refractivity contribution is 0.102. The number of rotatable bonds is 5. The summed E-state index contributed by atoms with van der Waals surface area (Å²) in [6.45, 7) is 0. The molecule has 0 aromatic heterocycles. The molecule has 2 aromatic rings. The maximum atomic E-state index is 12.9. The highest BCUT2D eigenvalue weighted by Crippen LogP contribution is 2.20. The molecule has 0 aliphatic heterocycles. The van der Waals surface area contributed by atoms with Crippen LogP contribution in [0.2, 0.25) is 0 Å². The second kappa shape index (κ2) is 7.22. The molecule has 0 radical (unpaired) electrons. The van der Waals surface area contributed by atoms with E-state index in [1.807, 2.05) is 18.2 Å². The molecule has 0 spiro atoms. The lowest BCUT2D eigenvalue weighted by Gasteiger charge is -2.08. The van der Waals surface area contributed by atoms with Crippen LogP contribution in [-0.4, -0.2) is 16.3 Å². The van der Waals surface area contributed by atoms with Gasteiger partial charge in [-0.15, -0.1) is 0 Å². The van der Waals surface area contributed by atoms with Crippen molar-refractivity contribution in [2.24, 2.45) is 0 Å². The maximum Gasteiger partial charge on any atom is 0.259 e. The predicted molar refractivity (Wildman–Crippen MR) is 84.6 cm³/mol. The number of halogens is 2. The van der Waals surface area contributed by atoms with E-state index in [2.05, 4.69) is 21.2 Å². The summed E-state index contributed by atoms with van der Waals surface area (Å²) < 4.78 is 12.9. The SMILES string of the molecule is O=C(Nc1cccc(CCCBr)c1)c1ccc(F)cc1O. The van der Waals surface area contributed by atoms with E-state index < -0.39 is 11.7 Å². The van der Waals surface area contributed by atoms with Crippen molar-refractivity contribution < 1.29 is 14.3 Å². The van der Waals surface area contributed by atoms with Crippen LogP contribution < -0.4 is 5.32 Å². The quantitative estimate of drug-likeness (QED) is 0.796. The Morgan fingerprint density at radius 1 is 1.24 bits per heavy atom. The molecular formula is C16H15BrFNO2. The zero-order valence-electron chi connectivity index (χ0n) is 11.3. The van der Waals surface area contributed by atoms with Crippen molar-refractivity contribution in [3.63, 3.8) is 0 Å². The highest BCUT2D eigenvalue weighted by molar-refractivity contribution is 9.09. The van der Waals surface area contributed by atoms with Crippen molar-refractivity contribution in [2.75, 3.05) is 10.6 Å². The molecule has 1 amide bonds. The second-order valence-corrected chi connectivity index (χ2v) is 5.40. The largest absolute Gasteiger partial charge is 0.507 e. The van der Waals surface area contributed by atoms with Crippen molar-refractivity contribution in [1.82, 2.24) is 0 Å². The fraction of sp³-hybridized carbons (Fsp3) is 0.188. The lowest BCUT2D eigenvalue weighted by Crippen LogP contribution is -2.12. The van der Waals surface area contributed by atoms with Crippen LogP contribution >= 0.6 is 15.9 Å². The van der Waals surface area contributed by atoms with Crippen molar-refractivity contribution in [2.45, 2.75) is 12.8 Å². The van der Waals surface area contributed by atoms with Gasteiger partial charge in [-0.1, -0.05) is 28.1 Å². The van der Waals surface area contributed by atoms with Crippen LogP contribution in [0, 0.1) is 5.82 Å². The van der Waals surface area contributed by atoms with Gasteiger partial charge in [-0.25, -0.2) is 4.39 Å². The van der Waals surface area contributed by atoms with E-state index in [9.17, 15) is 14.3 Å². The number of phenolic OH excluding ortho intramolecular Hbond substituents is 1. The van der Waals surface area contributed by atoms with Crippen LogP contribution in [0.15, 0.2) is 42.5 Å². The number of hydrogen-bond donors (Lipinski definition) is 2. The molecule has 0 fully saturated rings. The summed E-state index contributed by atoms with van der Waals surface area (Å²) in [7, 11) is 0. The third kappa shape index (κ3) is 4.29. The van der Waals surface area contributed by atoms with Gasteiger partial charge in [-0.3, -0.25) is 4.79 Å². The van der Waals surface area contributed by atoms with Crippen molar-refractivity contribution >= 4 is 27.5 Å². The van der Waals surface area contributed by atoms with Gasteiger partial charge in [0.05, 0.1) is 5.56 Å². The molecule has 0 heterocycles. The number of aryl methyl sites for hydroxylation is 1. The average molecular weight is 352 g/mol. The molecule has 21 heavy (non-hydrogen) atoms. The standard InChI is InChI=1S/C16H15BrFNO2/c17-8-2-4-11-3-1-5-13(9-11)19-16(21)14-7-6-12(18)10-15(14)20/h1,3,5-7,9-10,20H,2,4,8H2,(H,19,21). The smallest absolute Gasteiger partial charge is 0.259 e. The lowest BCUT2D eigenvalue weighted by atomic mass is 10.1. The number of alkyl halides is 1. The Morgan fingerprint density at radius 2 is 2.05 bits per heavy atom. The molecule has 3 nitrogen and oxygen atoms in total. The average Bonchev–Trinajstić information content (AvgIpc) is 2.45. The summed E-state index contributed by atoms with van der Waals surface area (Å²) in [6, 6.07) is 10.8. The number of carbonyl (C=O) groups excluding carboxylic acids is 1. The van der Waals surface area contributed by atoms with E-state index in [-0.39, 0.29) is 11.3 Å². The minimum Gasteiger partial charge on any atom is -0.507 e. The molecule has 0 aliphatic rings. The molecule has 0 bridgehead atoms. The van der Waals surface area contributed by atoms with Crippen LogP contribution in [0.3, 0.4) is 0 Å². The third-order valence-electron chi connectivity index (χ3n) is 2.99. The summed E-state index contributed by atoms with van der Waals surface area (Å²) in [5, 5.41) is 13.2. The van der Waals surface area contributed by atoms with Crippen LogP contribution in [0.1, 0.15) is 22.3 Å². The molecule has 5 heteroatoms. The van der Waals surface area contributed by atoms with E-state index in [4.69, 9.17) is 0 Å². The van der Waals surface area contributed by atoms with Crippen molar-refractivity contribution in [3.8, 4) is 5.75 Å². The fourth-order valence-electron chi connectivity index (χ4n) is 1.97. The van der Waals surface area contributed by atoms with Gasteiger partial charge < -0.3 is 10.4 Å². The molecule has 0 atom stereocenters. The zero-order valence-corrected chi connectivity index (χ0v) is 12.9. The normalized spacial score (nSPS) is 10.4. The van der Waals surface area contributed by atoms with Gasteiger partial charge in [0.1, 0.15) is 11.6 Å². The summed E-state index contributed by atoms with van der Waals surface area (Å²) in [5.74, 6) is -1.42. The van der Waals surface area contributed by atoms with Gasteiger partial charge in [0.2, 0.25) is 0 Å². The Morgan fingerprint density at radius 3 is 2.76 bits per heavy atom. The van der Waals surface area contributed by atoms with Crippen molar-refractivity contribution in [3.05, 3.63) is 59.4 Å². The highest BCUT2D eigenvalue weighted by atomic mass is 79.9. The molecule has 110 valence electrons. The number of carbonyl (C=O) groups is 1. The van der Waals surface area contributed by atoms with Gasteiger partial charge in [0, 0.05) is 17.1 Å². The van der Waals surface area contributed by atoms with Crippen LogP contribution in [0.5, 0.6) is 5.75 Å². The number of hydrogen-bond acceptors (Lipinski definition) is 2. The van der Waals surface area contributed by atoms with Crippen LogP contribution in [0.4, 0.5) is 10.1 Å². The molecule has 0 unspecified atom stereocenters. The number of aromatic hydroxyl groups is 1. The summed E-state index contributed by atoms with van der Waals surface area (Å²) in [5.41, 5.74) is 1.81. The van der Waals surface area contributed by atoms with Gasteiger partial charge in [0.25, 0.3) is 5.91 Å². The highest BCUT2D eigenvalue weighted by Gasteiger charge is 2.12. The van der Waals surface area contributed by atoms with Crippen LogP contribution in [0.25, 0.3) is 0 Å². The Hall–Kier alpha value is -1.88. The fourth-order valence-corrected chi connectivity index (χ4v) is 2.25. The topological polar surface area (TPSA) is 49.3 Å². The van der Waals surface area contributed by atoms with E-state index >= 15 is 0 Å². The monoisotopic (exact) mass is 351 g/mol. The second-order valence-electron chi connectivity index (χ2n) is 4.61. The molecule has 2 N–H and O–H groups in total. The molecule has 2 rings (SSSR count). The summed E-state index contributed by atoms with van der Waals surface area (Å²) >= 11 is 3.38. The van der Waals surface area contributed by atoms with E-state index in [0.717, 1.165) is 35.9 Å². The first-order valence-electron chi connectivity index (χ1n) is 6.55. The number of nitrogens with one attached hydrogen (secondary N) is 1. The van der Waals surface area contributed by atoms with E-state index in [1.165, 1.54) is 6.07 Å². The van der Waals surface area contributed by atoms with Crippen molar-refractivity contribution in [1.29, 1.82) is 0 Å². The first-order chi connectivity index (χ1) is 10.1. The zero-order chi connectivity index (χ0) is 15.2. The summed E-state index contributed by atoms with van der Waals surface area (Å²) in [6.07, 6.45) is 1.92. The molecule has 0 saturated heterocycles. The summed E-state index contributed by atoms with van der Waals surface area (Å²) in [4.78, 5) is 12.1. The van der Waals surface area contributed by atoms with Gasteiger partial charge in [-0.05, 0) is 42.7 Å². The molecular weight excluding hydrogens is 337 g/mol. The van der Waals surface area contributed by atoms with Gasteiger partial charge in [0.15, 0.2) is 0 Å². The molecule has 0 aliphatic carbocycles. The number of amides is 1. The Labute approximate surface area is 130 Å². The Kier molecular flexibility index (Phi) is 5.33. The van der Waals surface area contributed by atoms with Gasteiger partial charge in [-0.2, -0.15) is 0 Å². The minimum absolute atomic E-state index is 0.0438. The van der Waals surface area contributed by atoms with E-state index in [0.29, 0.717) is 5.69 Å². The molecule has 2 aromatic carbocycles. The number of anilines is 1. The number of benzene rings is 2. The Bertz CT molecular complexity index is 646. The first-order valence-corrected chi connectivity index (χ1v) is 7.67. The van der Waals surface area contributed by atoms with Crippen LogP contribution in [-0.2, 0) is 6.42 Å². The Balaban J connectivity index is 2.12. The maximum absolute atomic E-state index is 12.9.